The summed E-state index contributed by atoms with van der Waals surface area (Å²) in [5, 5.41) is 7.34. The molecule has 3 aromatic rings. The first-order chi connectivity index (χ1) is 13.6. The second-order valence-electron chi connectivity index (χ2n) is 6.39. The number of hydrogen-bond donors (Lipinski definition) is 3. The molecule has 0 aliphatic carbocycles. The molecule has 0 spiro atoms. The van der Waals surface area contributed by atoms with Crippen molar-refractivity contribution in [1.29, 1.82) is 0 Å². The van der Waals surface area contributed by atoms with Crippen LogP contribution in [0.25, 0.3) is 0 Å². The van der Waals surface area contributed by atoms with Gasteiger partial charge < -0.3 is 21.2 Å². The second-order valence-corrected chi connectivity index (χ2v) is 7.30. The number of para-hydroxylation sites is 1. The van der Waals surface area contributed by atoms with Gasteiger partial charge in [-0.25, -0.2) is 4.79 Å². The number of hydrogen-bond acceptors (Lipinski definition) is 4. The van der Waals surface area contributed by atoms with E-state index < -0.39 is 0 Å². The normalized spacial score (nSPS) is 14.9. The smallest absolute Gasteiger partial charge is 0.319 e. The number of carbonyl (C=O) groups excluding carboxylic acids is 1. The summed E-state index contributed by atoms with van der Waals surface area (Å²) in [6, 6.07) is 22.6. The van der Waals surface area contributed by atoms with Gasteiger partial charge in [0.2, 0.25) is 0 Å². The standard InChI is InChI=1S/C21H19BrN4O2/c22-15-6-4-7-16(12-15)25-21(27)24-13-14-5-3-8-17(11-14)26-20(23)18-9-1-2-10-19(18)28-26/h1-12,20H,13,23H2,(H2,24,25,27). The first-order valence-electron chi connectivity index (χ1n) is 8.81. The number of nitrogens with two attached hydrogens (primary N) is 1. The predicted octanol–water partition coefficient (Wildman–Crippen LogP) is 4.54. The lowest BCUT2D eigenvalue weighted by Crippen LogP contribution is -2.32. The van der Waals surface area contributed by atoms with Crippen molar-refractivity contribution in [3.63, 3.8) is 0 Å². The van der Waals surface area contributed by atoms with Gasteiger partial charge in [0.05, 0.1) is 5.69 Å². The molecule has 0 bridgehead atoms. The minimum Gasteiger partial charge on any atom is -0.377 e. The van der Waals surface area contributed by atoms with E-state index in [-0.39, 0.29) is 12.2 Å². The number of amides is 2. The number of urea groups is 1. The number of halogens is 1. The van der Waals surface area contributed by atoms with Gasteiger partial charge in [-0.2, -0.15) is 5.06 Å². The van der Waals surface area contributed by atoms with Crippen LogP contribution in [0.1, 0.15) is 17.3 Å². The quantitative estimate of drug-likeness (QED) is 0.558. The van der Waals surface area contributed by atoms with Gasteiger partial charge in [0.15, 0.2) is 5.75 Å². The summed E-state index contributed by atoms with van der Waals surface area (Å²) in [6.45, 7) is 0.379. The Hall–Kier alpha value is -3.03. The second kappa shape index (κ2) is 7.92. The number of benzene rings is 3. The van der Waals surface area contributed by atoms with E-state index in [1.54, 1.807) is 5.06 Å². The molecule has 1 unspecified atom stereocenters. The summed E-state index contributed by atoms with van der Waals surface area (Å²) in [5.74, 6) is 0.756. The third-order valence-corrected chi connectivity index (χ3v) is 4.88. The average Bonchev–Trinajstić information content (AvgIpc) is 3.04. The molecular weight excluding hydrogens is 420 g/mol. The van der Waals surface area contributed by atoms with Crippen molar-refractivity contribution in [3.8, 4) is 5.75 Å². The molecule has 0 aromatic heterocycles. The van der Waals surface area contributed by atoms with E-state index in [2.05, 4.69) is 26.6 Å². The summed E-state index contributed by atoms with van der Waals surface area (Å²) < 4.78 is 0.904. The Morgan fingerprint density at radius 2 is 1.89 bits per heavy atom. The molecule has 4 rings (SSSR count). The van der Waals surface area contributed by atoms with Crippen molar-refractivity contribution < 1.29 is 9.63 Å². The molecule has 4 N–H and O–H groups in total. The van der Waals surface area contributed by atoms with Crippen molar-refractivity contribution in [2.75, 3.05) is 10.4 Å². The molecular formula is C21H19BrN4O2. The molecule has 0 radical (unpaired) electrons. The molecule has 142 valence electrons. The Bertz CT molecular complexity index is 1010. The summed E-state index contributed by atoms with van der Waals surface area (Å²) in [5.41, 5.74) is 9.74. The average molecular weight is 439 g/mol. The molecule has 1 atom stereocenters. The number of anilines is 2. The minimum absolute atomic E-state index is 0.273. The molecule has 6 nitrogen and oxygen atoms in total. The fourth-order valence-corrected chi connectivity index (χ4v) is 3.44. The Kier molecular flexibility index (Phi) is 5.18. The highest BCUT2D eigenvalue weighted by atomic mass is 79.9. The van der Waals surface area contributed by atoms with Crippen LogP contribution in [0.5, 0.6) is 5.75 Å². The number of nitrogens with one attached hydrogen (secondary N) is 2. The monoisotopic (exact) mass is 438 g/mol. The van der Waals surface area contributed by atoms with Crippen molar-refractivity contribution in [1.82, 2.24) is 5.32 Å². The zero-order valence-electron chi connectivity index (χ0n) is 14.9. The van der Waals surface area contributed by atoms with E-state index in [0.717, 1.165) is 32.7 Å². The lowest BCUT2D eigenvalue weighted by molar-refractivity contribution is 0.251. The fraction of sp³-hybridized carbons (Fsp3) is 0.0952. The van der Waals surface area contributed by atoms with E-state index in [9.17, 15) is 4.79 Å². The van der Waals surface area contributed by atoms with Crippen molar-refractivity contribution in [2.24, 2.45) is 5.73 Å². The molecule has 1 aliphatic rings. The van der Waals surface area contributed by atoms with Crippen LogP contribution in [0.2, 0.25) is 0 Å². The van der Waals surface area contributed by atoms with Crippen LogP contribution in [0.15, 0.2) is 77.3 Å². The number of nitrogens with zero attached hydrogens (tertiary/aromatic N) is 1. The maximum absolute atomic E-state index is 12.1. The molecule has 0 fully saturated rings. The number of carbonyl (C=O) groups is 1. The van der Waals surface area contributed by atoms with Crippen LogP contribution >= 0.6 is 15.9 Å². The third kappa shape index (κ3) is 3.95. The number of fused-ring (bicyclic) bond motifs is 1. The van der Waals surface area contributed by atoms with Crippen molar-refractivity contribution in [2.45, 2.75) is 12.7 Å². The van der Waals surface area contributed by atoms with E-state index >= 15 is 0 Å². The largest absolute Gasteiger partial charge is 0.377 e. The summed E-state index contributed by atoms with van der Waals surface area (Å²) in [7, 11) is 0. The minimum atomic E-state index is -0.376. The van der Waals surface area contributed by atoms with Gasteiger partial charge in [-0.05, 0) is 42.0 Å². The molecule has 28 heavy (non-hydrogen) atoms. The van der Waals surface area contributed by atoms with Gasteiger partial charge in [-0.15, -0.1) is 0 Å². The van der Waals surface area contributed by atoms with Gasteiger partial charge in [0.1, 0.15) is 6.17 Å². The molecule has 7 heteroatoms. The third-order valence-electron chi connectivity index (χ3n) is 4.39. The molecule has 0 saturated heterocycles. The highest BCUT2D eigenvalue weighted by molar-refractivity contribution is 9.10. The van der Waals surface area contributed by atoms with E-state index in [1.807, 2.05) is 72.8 Å². The Labute approximate surface area is 171 Å². The van der Waals surface area contributed by atoms with Crippen LogP contribution < -0.4 is 26.3 Å². The van der Waals surface area contributed by atoms with Gasteiger partial charge in [-0.3, -0.25) is 0 Å². The SMILES string of the molecule is NC1c2ccccc2ON1c1cccc(CNC(=O)Nc2cccc(Br)c2)c1. The summed E-state index contributed by atoms with van der Waals surface area (Å²) in [6.07, 6.45) is -0.376. The topological polar surface area (TPSA) is 79.6 Å². The predicted molar refractivity (Wildman–Crippen MR) is 113 cm³/mol. The van der Waals surface area contributed by atoms with Crippen LogP contribution in [0, 0.1) is 0 Å². The van der Waals surface area contributed by atoms with Crippen molar-refractivity contribution in [3.05, 3.63) is 88.4 Å². The van der Waals surface area contributed by atoms with Crippen LogP contribution in [-0.2, 0) is 6.54 Å². The Morgan fingerprint density at radius 1 is 1.07 bits per heavy atom. The van der Waals surface area contributed by atoms with Crippen LogP contribution in [-0.4, -0.2) is 6.03 Å². The first-order valence-corrected chi connectivity index (χ1v) is 9.60. The molecule has 1 heterocycles. The first kappa shape index (κ1) is 18.3. The zero-order chi connectivity index (χ0) is 19.5. The summed E-state index contributed by atoms with van der Waals surface area (Å²) in [4.78, 5) is 18.0. The molecule has 2 amide bonds. The Morgan fingerprint density at radius 3 is 2.71 bits per heavy atom. The highest BCUT2D eigenvalue weighted by Gasteiger charge is 2.29. The zero-order valence-corrected chi connectivity index (χ0v) is 16.5. The van der Waals surface area contributed by atoms with Crippen molar-refractivity contribution >= 4 is 33.3 Å². The maximum Gasteiger partial charge on any atom is 0.319 e. The van der Waals surface area contributed by atoms with Gasteiger partial charge >= 0.3 is 6.03 Å². The van der Waals surface area contributed by atoms with E-state index in [1.165, 1.54) is 0 Å². The number of rotatable bonds is 4. The van der Waals surface area contributed by atoms with Gasteiger partial charge in [0.25, 0.3) is 0 Å². The lowest BCUT2D eigenvalue weighted by Gasteiger charge is -2.22. The van der Waals surface area contributed by atoms with E-state index in [4.69, 9.17) is 10.6 Å². The molecule has 1 aliphatic heterocycles. The van der Waals surface area contributed by atoms with Gasteiger partial charge in [0, 0.05) is 22.3 Å². The Balaban J connectivity index is 1.40. The molecule has 0 saturated carbocycles. The fourth-order valence-electron chi connectivity index (χ4n) is 3.04. The van der Waals surface area contributed by atoms with Crippen LogP contribution in [0.4, 0.5) is 16.2 Å². The lowest BCUT2D eigenvalue weighted by atomic mass is 10.1. The van der Waals surface area contributed by atoms with Crippen LogP contribution in [0.3, 0.4) is 0 Å². The number of hydroxylamine groups is 1. The van der Waals surface area contributed by atoms with E-state index in [0.29, 0.717) is 6.54 Å². The molecule has 3 aromatic carbocycles. The van der Waals surface area contributed by atoms with Gasteiger partial charge in [-0.1, -0.05) is 52.3 Å². The maximum atomic E-state index is 12.1. The summed E-state index contributed by atoms with van der Waals surface area (Å²) >= 11 is 3.39. The highest BCUT2D eigenvalue weighted by Crippen LogP contribution is 2.37.